The number of nitrogens with one attached hydrogen (secondary N) is 1. The average Bonchev–Trinajstić information content (AvgIpc) is 3.17. The van der Waals surface area contributed by atoms with Gasteiger partial charge in [-0.1, -0.05) is 23.7 Å². The van der Waals surface area contributed by atoms with Crippen molar-refractivity contribution in [1.29, 1.82) is 0 Å². The van der Waals surface area contributed by atoms with Gasteiger partial charge in [0.15, 0.2) is 0 Å². The van der Waals surface area contributed by atoms with Crippen LogP contribution in [0.1, 0.15) is 11.4 Å². The lowest BCUT2D eigenvalue weighted by molar-refractivity contribution is -0.116. The van der Waals surface area contributed by atoms with Crippen LogP contribution in [-0.2, 0) is 11.2 Å². The molecule has 3 aromatic rings. The Morgan fingerprint density at radius 3 is 3.00 bits per heavy atom. The monoisotopic (exact) mass is 332 g/mol. The first-order valence-corrected chi connectivity index (χ1v) is 7.96. The molecule has 2 heterocycles. The van der Waals surface area contributed by atoms with Crippen LogP contribution in [-0.4, -0.2) is 20.7 Å². The fraction of sp³-hybridized carbons (Fsp3) is 0.133. The zero-order valence-corrected chi connectivity index (χ0v) is 13.1. The number of amides is 1. The van der Waals surface area contributed by atoms with E-state index in [2.05, 4.69) is 15.4 Å². The average molecular weight is 333 g/mol. The van der Waals surface area contributed by atoms with Crippen molar-refractivity contribution in [2.24, 2.45) is 0 Å². The number of anilines is 1. The Morgan fingerprint density at radius 1 is 1.36 bits per heavy atom. The van der Waals surface area contributed by atoms with Crippen LogP contribution < -0.4 is 5.32 Å². The van der Waals surface area contributed by atoms with Crippen LogP contribution in [0, 0.1) is 0 Å². The van der Waals surface area contributed by atoms with Crippen molar-refractivity contribution in [3.05, 3.63) is 58.3 Å². The third kappa shape index (κ3) is 3.52. The fourth-order valence-electron chi connectivity index (χ4n) is 1.98. The predicted molar refractivity (Wildman–Crippen MR) is 87.6 cm³/mol. The maximum Gasteiger partial charge on any atom is 0.224 e. The van der Waals surface area contributed by atoms with Crippen molar-refractivity contribution < 1.29 is 4.79 Å². The molecule has 0 saturated carbocycles. The van der Waals surface area contributed by atoms with Crippen LogP contribution in [0.5, 0.6) is 0 Å². The van der Waals surface area contributed by atoms with Crippen molar-refractivity contribution in [2.75, 3.05) is 5.32 Å². The van der Waals surface area contributed by atoms with E-state index in [0.29, 0.717) is 23.6 Å². The molecular formula is C15H13ClN4OS. The van der Waals surface area contributed by atoms with Gasteiger partial charge in [0.2, 0.25) is 5.91 Å². The van der Waals surface area contributed by atoms with Crippen molar-refractivity contribution >= 4 is 34.5 Å². The zero-order chi connectivity index (χ0) is 15.4. The molecule has 5 nitrogen and oxygen atoms in total. The zero-order valence-electron chi connectivity index (χ0n) is 11.6. The summed E-state index contributed by atoms with van der Waals surface area (Å²) in [5, 5.41) is 10.5. The van der Waals surface area contributed by atoms with E-state index in [0.717, 1.165) is 10.7 Å². The molecule has 7 heteroatoms. The van der Waals surface area contributed by atoms with Gasteiger partial charge in [-0.05, 0) is 12.1 Å². The lowest BCUT2D eigenvalue weighted by Crippen LogP contribution is -2.11. The molecule has 0 bridgehead atoms. The summed E-state index contributed by atoms with van der Waals surface area (Å²) in [6.45, 7) is 0. The van der Waals surface area contributed by atoms with Crippen LogP contribution >= 0.6 is 22.9 Å². The van der Waals surface area contributed by atoms with Crippen molar-refractivity contribution in [3.63, 3.8) is 0 Å². The van der Waals surface area contributed by atoms with E-state index < -0.39 is 0 Å². The Morgan fingerprint density at radius 2 is 2.23 bits per heavy atom. The smallest absolute Gasteiger partial charge is 0.224 e. The number of hydrogen-bond acceptors (Lipinski definition) is 4. The molecule has 22 heavy (non-hydrogen) atoms. The Kier molecular flexibility index (Phi) is 4.50. The second-order valence-corrected chi connectivity index (χ2v) is 5.99. The summed E-state index contributed by atoms with van der Waals surface area (Å²) in [5.41, 5.74) is 1.41. The molecular weight excluding hydrogens is 320 g/mol. The van der Waals surface area contributed by atoms with Gasteiger partial charge in [-0.25, -0.2) is 9.67 Å². The number of aromatic nitrogens is 3. The molecule has 3 rings (SSSR count). The topological polar surface area (TPSA) is 59.8 Å². The van der Waals surface area contributed by atoms with Gasteiger partial charge in [0, 0.05) is 24.4 Å². The van der Waals surface area contributed by atoms with Crippen molar-refractivity contribution in [1.82, 2.24) is 14.8 Å². The van der Waals surface area contributed by atoms with E-state index in [1.165, 1.54) is 0 Å². The highest BCUT2D eigenvalue weighted by Gasteiger charge is 2.08. The lowest BCUT2D eigenvalue weighted by Gasteiger charge is -2.03. The minimum atomic E-state index is -0.0612. The highest BCUT2D eigenvalue weighted by atomic mass is 35.5. The number of thiazole rings is 1. The number of carbonyl (C=O) groups is 1. The van der Waals surface area contributed by atoms with Crippen LogP contribution in [0.15, 0.2) is 48.2 Å². The highest BCUT2D eigenvalue weighted by molar-refractivity contribution is 7.09. The number of carbonyl (C=O) groups excluding carboxylic acids is 1. The first kappa shape index (κ1) is 14.7. The Balaban J connectivity index is 1.62. The van der Waals surface area contributed by atoms with Gasteiger partial charge in [0.25, 0.3) is 0 Å². The molecule has 0 aliphatic heterocycles. The number of rotatable bonds is 5. The second-order valence-electron chi connectivity index (χ2n) is 4.60. The highest BCUT2D eigenvalue weighted by Crippen LogP contribution is 2.20. The van der Waals surface area contributed by atoms with E-state index in [9.17, 15) is 4.79 Å². The van der Waals surface area contributed by atoms with Crippen LogP contribution in [0.25, 0.3) is 5.69 Å². The molecule has 0 saturated heterocycles. The molecule has 0 radical (unpaired) electrons. The van der Waals surface area contributed by atoms with Gasteiger partial charge in [-0.3, -0.25) is 4.79 Å². The van der Waals surface area contributed by atoms with Crippen LogP contribution in [0.3, 0.4) is 0 Å². The molecule has 0 aliphatic rings. The lowest BCUT2D eigenvalue weighted by atomic mass is 10.3. The van der Waals surface area contributed by atoms with Crippen molar-refractivity contribution in [2.45, 2.75) is 12.8 Å². The van der Waals surface area contributed by atoms with Crippen molar-refractivity contribution in [3.8, 4) is 5.69 Å². The first-order valence-electron chi connectivity index (χ1n) is 6.70. The standard InChI is InChI=1S/C15H13ClN4OS/c16-12-3-1-2-4-13(12)20-10-11(9-18-20)19-14(21)5-6-15-17-7-8-22-15/h1-4,7-10H,5-6H2,(H,19,21). The summed E-state index contributed by atoms with van der Waals surface area (Å²) in [6.07, 6.45) is 6.12. The quantitative estimate of drug-likeness (QED) is 0.777. The Bertz CT molecular complexity index is 769. The third-order valence-corrected chi connectivity index (χ3v) is 4.17. The summed E-state index contributed by atoms with van der Waals surface area (Å²) in [7, 11) is 0. The third-order valence-electron chi connectivity index (χ3n) is 3.02. The van der Waals surface area contributed by atoms with Gasteiger partial charge < -0.3 is 5.32 Å². The van der Waals surface area contributed by atoms with E-state index in [1.807, 2.05) is 23.6 Å². The molecule has 0 aliphatic carbocycles. The van der Waals surface area contributed by atoms with Gasteiger partial charge >= 0.3 is 0 Å². The molecule has 0 fully saturated rings. The second kappa shape index (κ2) is 6.72. The number of nitrogens with zero attached hydrogens (tertiary/aromatic N) is 3. The number of benzene rings is 1. The number of para-hydroxylation sites is 1. The fourth-order valence-corrected chi connectivity index (χ4v) is 2.82. The Labute approximate surface area is 136 Å². The minimum absolute atomic E-state index is 0.0612. The molecule has 1 aromatic carbocycles. The van der Waals surface area contributed by atoms with Crippen LogP contribution in [0.4, 0.5) is 5.69 Å². The molecule has 1 N–H and O–H groups in total. The first-order chi connectivity index (χ1) is 10.7. The van der Waals surface area contributed by atoms with E-state index in [-0.39, 0.29) is 5.91 Å². The summed E-state index contributed by atoms with van der Waals surface area (Å²) >= 11 is 7.68. The van der Waals surface area contributed by atoms with E-state index in [1.54, 1.807) is 40.7 Å². The van der Waals surface area contributed by atoms with Gasteiger partial charge in [-0.2, -0.15) is 5.10 Å². The summed E-state index contributed by atoms with van der Waals surface area (Å²) in [6, 6.07) is 7.40. The number of halogens is 1. The van der Waals surface area contributed by atoms with Gasteiger partial charge in [0.1, 0.15) is 0 Å². The van der Waals surface area contributed by atoms with Crippen LogP contribution in [0.2, 0.25) is 5.02 Å². The number of hydrogen-bond donors (Lipinski definition) is 1. The minimum Gasteiger partial charge on any atom is -0.323 e. The summed E-state index contributed by atoms with van der Waals surface area (Å²) < 4.78 is 1.64. The maximum atomic E-state index is 11.9. The normalized spacial score (nSPS) is 10.6. The van der Waals surface area contributed by atoms with E-state index >= 15 is 0 Å². The summed E-state index contributed by atoms with van der Waals surface area (Å²) in [5.74, 6) is -0.0612. The maximum absolute atomic E-state index is 11.9. The molecule has 2 aromatic heterocycles. The molecule has 1 amide bonds. The molecule has 0 unspecified atom stereocenters. The van der Waals surface area contributed by atoms with Gasteiger partial charge in [0.05, 0.1) is 33.8 Å². The molecule has 0 spiro atoms. The largest absolute Gasteiger partial charge is 0.323 e. The Hall–Kier alpha value is -2.18. The molecule has 112 valence electrons. The predicted octanol–water partition coefficient (Wildman–Crippen LogP) is 3.55. The number of aryl methyl sites for hydroxylation is 1. The van der Waals surface area contributed by atoms with Gasteiger partial charge in [-0.15, -0.1) is 11.3 Å². The van der Waals surface area contributed by atoms with E-state index in [4.69, 9.17) is 11.6 Å². The summed E-state index contributed by atoms with van der Waals surface area (Å²) in [4.78, 5) is 16.1. The molecule has 0 atom stereocenters. The SMILES string of the molecule is O=C(CCc1nccs1)Nc1cnn(-c2ccccc2Cl)c1.